The Morgan fingerprint density at radius 3 is 2.48 bits per heavy atom. The van der Waals surface area contributed by atoms with Crippen molar-refractivity contribution in [3.8, 4) is 0 Å². The van der Waals surface area contributed by atoms with Crippen molar-refractivity contribution in [2.75, 3.05) is 18.5 Å². The maximum atomic E-state index is 12.4. The van der Waals surface area contributed by atoms with Crippen molar-refractivity contribution in [2.24, 2.45) is 0 Å². The van der Waals surface area contributed by atoms with Gasteiger partial charge in [-0.1, -0.05) is 6.07 Å². The second-order valence-electron chi connectivity index (χ2n) is 6.76. The monoisotopic (exact) mass is 388 g/mol. The molecule has 0 aromatic heterocycles. The van der Waals surface area contributed by atoms with Gasteiger partial charge in [-0.25, -0.2) is 13.1 Å². The van der Waals surface area contributed by atoms with Crippen molar-refractivity contribution >= 4 is 21.6 Å². The third-order valence-electron chi connectivity index (χ3n) is 4.72. The van der Waals surface area contributed by atoms with Gasteiger partial charge in [0.2, 0.25) is 10.0 Å². The zero-order valence-corrected chi connectivity index (χ0v) is 16.3. The largest absolute Gasteiger partial charge is 0.377 e. The lowest BCUT2D eigenvalue weighted by Gasteiger charge is -2.12. The van der Waals surface area contributed by atoms with Gasteiger partial charge in [-0.15, -0.1) is 0 Å². The fraction of sp³-hybridized carbons (Fsp3) is 0.350. The van der Waals surface area contributed by atoms with Gasteiger partial charge in [0.15, 0.2) is 0 Å². The molecule has 7 heteroatoms. The number of hydrogen-bond acceptors (Lipinski definition) is 4. The highest BCUT2D eigenvalue weighted by Gasteiger charge is 2.20. The van der Waals surface area contributed by atoms with Crippen LogP contribution in [0, 0.1) is 13.8 Å². The van der Waals surface area contributed by atoms with Crippen LogP contribution in [0.25, 0.3) is 0 Å². The first kappa shape index (κ1) is 19.5. The highest BCUT2D eigenvalue weighted by atomic mass is 32.2. The van der Waals surface area contributed by atoms with Gasteiger partial charge in [-0.05, 0) is 74.2 Å². The van der Waals surface area contributed by atoms with E-state index in [0.717, 1.165) is 24.0 Å². The highest BCUT2D eigenvalue weighted by molar-refractivity contribution is 7.89. The van der Waals surface area contributed by atoms with Gasteiger partial charge in [0.1, 0.15) is 0 Å². The fourth-order valence-electron chi connectivity index (χ4n) is 2.90. The quantitative estimate of drug-likeness (QED) is 0.797. The van der Waals surface area contributed by atoms with Crippen LogP contribution in [0.5, 0.6) is 0 Å². The van der Waals surface area contributed by atoms with Gasteiger partial charge in [0.05, 0.1) is 11.0 Å². The van der Waals surface area contributed by atoms with Crippen molar-refractivity contribution in [1.29, 1.82) is 0 Å². The standard InChI is InChI=1S/C20H24N2O4S/c1-14-5-8-17(12-15(14)2)22-20(23)16-6-9-19(10-7-16)27(24,25)21-13-18-4-3-11-26-18/h5-10,12,18,21H,3-4,11,13H2,1-2H3,(H,22,23)/t18-/m1/s1. The first-order valence-electron chi connectivity index (χ1n) is 8.95. The SMILES string of the molecule is Cc1ccc(NC(=O)c2ccc(S(=O)(=O)NC[C@H]3CCCO3)cc2)cc1C. The van der Waals surface area contributed by atoms with Crippen LogP contribution >= 0.6 is 0 Å². The lowest BCUT2D eigenvalue weighted by molar-refractivity contribution is 0.102. The van der Waals surface area contributed by atoms with E-state index in [4.69, 9.17) is 4.74 Å². The number of benzene rings is 2. The van der Waals surface area contributed by atoms with Crippen molar-refractivity contribution < 1.29 is 17.9 Å². The van der Waals surface area contributed by atoms with Crippen LogP contribution in [0.1, 0.15) is 34.3 Å². The number of hydrogen-bond donors (Lipinski definition) is 2. The van der Waals surface area contributed by atoms with Gasteiger partial charge in [0, 0.05) is 24.4 Å². The number of carbonyl (C=O) groups excluding carboxylic acids is 1. The van der Waals surface area contributed by atoms with Crippen molar-refractivity contribution in [3.63, 3.8) is 0 Å². The average molecular weight is 388 g/mol. The maximum Gasteiger partial charge on any atom is 0.255 e. The Morgan fingerprint density at radius 2 is 1.85 bits per heavy atom. The van der Waals surface area contributed by atoms with Gasteiger partial charge in [-0.3, -0.25) is 4.79 Å². The lowest BCUT2D eigenvalue weighted by Crippen LogP contribution is -2.31. The molecule has 1 atom stereocenters. The molecule has 2 aromatic carbocycles. The number of carbonyl (C=O) groups is 1. The second kappa shape index (κ2) is 8.21. The molecule has 1 heterocycles. The molecule has 0 unspecified atom stereocenters. The molecule has 0 aliphatic carbocycles. The molecule has 2 N–H and O–H groups in total. The van der Waals surface area contributed by atoms with E-state index in [1.165, 1.54) is 24.3 Å². The second-order valence-corrected chi connectivity index (χ2v) is 8.53. The normalized spacial score (nSPS) is 17.0. The number of aryl methyl sites for hydroxylation is 2. The smallest absolute Gasteiger partial charge is 0.255 e. The zero-order valence-electron chi connectivity index (χ0n) is 15.5. The predicted molar refractivity (Wildman–Crippen MR) is 104 cm³/mol. The molecule has 144 valence electrons. The molecule has 27 heavy (non-hydrogen) atoms. The summed E-state index contributed by atoms with van der Waals surface area (Å²) < 4.78 is 32.7. The minimum atomic E-state index is -3.62. The van der Waals surface area contributed by atoms with Crippen molar-refractivity contribution in [1.82, 2.24) is 4.72 Å². The van der Waals surface area contributed by atoms with E-state index in [2.05, 4.69) is 10.0 Å². The summed E-state index contributed by atoms with van der Waals surface area (Å²) in [4.78, 5) is 12.5. The average Bonchev–Trinajstić information content (AvgIpc) is 3.17. The molecule has 6 nitrogen and oxygen atoms in total. The minimum absolute atomic E-state index is 0.0669. The van der Waals surface area contributed by atoms with Gasteiger partial charge in [-0.2, -0.15) is 0 Å². The summed E-state index contributed by atoms with van der Waals surface area (Å²) in [5, 5.41) is 2.83. The summed E-state index contributed by atoms with van der Waals surface area (Å²) in [5.74, 6) is -0.283. The molecular formula is C20H24N2O4S. The molecule has 0 radical (unpaired) electrons. The number of amides is 1. The van der Waals surface area contributed by atoms with Crippen LogP contribution in [0.4, 0.5) is 5.69 Å². The first-order chi connectivity index (χ1) is 12.8. The fourth-order valence-corrected chi connectivity index (χ4v) is 3.97. The number of rotatable bonds is 6. The predicted octanol–water partition coefficient (Wildman–Crippen LogP) is 3.01. The topological polar surface area (TPSA) is 84.5 Å². The summed E-state index contributed by atoms with van der Waals surface area (Å²) >= 11 is 0. The van der Waals surface area contributed by atoms with Crippen LogP contribution in [0.15, 0.2) is 47.4 Å². The number of anilines is 1. The molecular weight excluding hydrogens is 364 g/mol. The summed E-state index contributed by atoms with van der Waals surface area (Å²) in [6.07, 6.45) is 1.75. The van der Waals surface area contributed by atoms with Gasteiger partial charge >= 0.3 is 0 Å². The Kier molecular flexibility index (Phi) is 5.94. The molecule has 1 amide bonds. The summed E-state index contributed by atoms with van der Waals surface area (Å²) in [6.45, 7) is 4.93. The summed E-state index contributed by atoms with van der Waals surface area (Å²) in [7, 11) is -3.62. The number of sulfonamides is 1. The Balaban J connectivity index is 1.64. The van der Waals surface area contributed by atoms with Gasteiger partial charge < -0.3 is 10.1 Å². The summed E-state index contributed by atoms with van der Waals surface area (Å²) in [6, 6.07) is 11.6. The van der Waals surface area contributed by atoms with E-state index in [9.17, 15) is 13.2 Å². The van der Waals surface area contributed by atoms with E-state index in [1.54, 1.807) is 0 Å². The van der Waals surface area contributed by atoms with E-state index in [-0.39, 0.29) is 23.5 Å². The van der Waals surface area contributed by atoms with E-state index >= 15 is 0 Å². The molecule has 2 aromatic rings. The third kappa shape index (κ3) is 4.94. The van der Waals surface area contributed by atoms with Crippen LogP contribution < -0.4 is 10.0 Å². The van der Waals surface area contributed by atoms with Crippen LogP contribution in [0.3, 0.4) is 0 Å². The lowest BCUT2D eigenvalue weighted by atomic mass is 10.1. The number of nitrogens with one attached hydrogen (secondary N) is 2. The Morgan fingerprint density at radius 1 is 1.11 bits per heavy atom. The highest BCUT2D eigenvalue weighted by Crippen LogP contribution is 2.17. The Bertz CT molecular complexity index is 917. The Hall–Kier alpha value is -2.22. The first-order valence-corrected chi connectivity index (χ1v) is 10.4. The summed E-state index contributed by atoms with van der Waals surface area (Å²) in [5.41, 5.74) is 3.34. The third-order valence-corrected chi connectivity index (χ3v) is 6.16. The van der Waals surface area contributed by atoms with Gasteiger partial charge in [0.25, 0.3) is 5.91 Å². The molecule has 3 rings (SSSR count). The van der Waals surface area contributed by atoms with Crippen molar-refractivity contribution in [2.45, 2.75) is 37.7 Å². The molecule has 1 fully saturated rings. The molecule has 1 saturated heterocycles. The van der Waals surface area contributed by atoms with Crippen molar-refractivity contribution in [3.05, 3.63) is 59.2 Å². The zero-order chi connectivity index (χ0) is 19.4. The molecule has 0 spiro atoms. The Labute approximate surface area is 160 Å². The number of ether oxygens (including phenoxy) is 1. The van der Waals surface area contributed by atoms with Crippen LogP contribution in [-0.2, 0) is 14.8 Å². The molecule has 1 aliphatic heterocycles. The van der Waals surface area contributed by atoms with E-state index < -0.39 is 10.0 Å². The van der Waals surface area contributed by atoms with Crippen LogP contribution in [0.2, 0.25) is 0 Å². The molecule has 1 aliphatic rings. The maximum absolute atomic E-state index is 12.4. The minimum Gasteiger partial charge on any atom is -0.377 e. The van der Waals surface area contributed by atoms with Crippen LogP contribution in [-0.4, -0.2) is 33.6 Å². The van der Waals surface area contributed by atoms with E-state index in [0.29, 0.717) is 17.9 Å². The molecule has 0 bridgehead atoms. The van der Waals surface area contributed by atoms with E-state index in [1.807, 2.05) is 32.0 Å². The molecule has 0 saturated carbocycles.